The number of aryl methyl sites for hydroxylation is 1. The average Bonchev–Trinajstić information content (AvgIpc) is 2.50. The smallest absolute Gasteiger partial charge is 0.255 e. The predicted molar refractivity (Wildman–Crippen MR) is 86.4 cm³/mol. The highest BCUT2D eigenvalue weighted by atomic mass is 32.2. The number of sulfonamides is 1. The van der Waals surface area contributed by atoms with Gasteiger partial charge in [-0.3, -0.25) is 4.79 Å². The predicted octanol–water partition coefficient (Wildman–Crippen LogP) is 2.64. The van der Waals surface area contributed by atoms with Gasteiger partial charge in [0.2, 0.25) is 10.0 Å². The number of rotatable bonds is 4. The number of hydrogen-bond donors (Lipinski definition) is 1. The zero-order chi connectivity index (χ0) is 17.2. The van der Waals surface area contributed by atoms with Crippen molar-refractivity contribution in [2.75, 3.05) is 19.4 Å². The lowest BCUT2D eigenvalue weighted by atomic mass is 10.2. The van der Waals surface area contributed by atoms with Gasteiger partial charge in [-0.25, -0.2) is 17.1 Å². The molecule has 122 valence electrons. The molecule has 0 spiro atoms. The van der Waals surface area contributed by atoms with Crippen LogP contribution in [0.15, 0.2) is 47.4 Å². The van der Waals surface area contributed by atoms with Crippen LogP contribution in [0.2, 0.25) is 0 Å². The van der Waals surface area contributed by atoms with Crippen molar-refractivity contribution in [3.05, 3.63) is 59.4 Å². The normalized spacial score (nSPS) is 11.5. The Morgan fingerprint density at radius 3 is 2.26 bits per heavy atom. The van der Waals surface area contributed by atoms with Crippen molar-refractivity contribution >= 4 is 21.6 Å². The Bertz CT molecular complexity index is 831. The van der Waals surface area contributed by atoms with Gasteiger partial charge in [0.25, 0.3) is 5.91 Å². The van der Waals surface area contributed by atoms with Crippen molar-refractivity contribution in [1.82, 2.24) is 4.31 Å². The Morgan fingerprint density at radius 1 is 1.09 bits per heavy atom. The van der Waals surface area contributed by atoms with Crippen LogP contribution in [-0.2, 0) is 10.0 Å². The Labute approximate surface area is 134 Å². The van der Waals surface area contributed by atoms with Gasteiger partial charge in [0.1, 0.15) is 5.82 Å². The van der Waals surface area contributed by atoms with Gasteiger partial charge in [0.05, 0.1) is 10.6 Å². The number of halogens is 1. The highest BCUT2D eigenvalue weighted by molar-refractivity contribution is 7.89. The van der Waals surface area contributed by atoms with Crippen molar-refractivity contribution in [2.45, 2.75) is 11.8 Å². The molecule has 1 amide bonds. The summed E-state index contributed by atoms with van der Waals surface area (Å²) in [6.07, 6.45) is 0. The summed E-state index contributed by atoms with van der Waals surface area (Å²) in [6.45, 7) is 1.79. The van der Waals surface area contributed by atoms with E-state index in [-0.39, 0.29) is 16.1 Å². The van der Waals surface area contributed by atoms with E-state index in [0.29, 0.717) is 0 Å². The number of nitrogens with one attached hydrogen (secondary N) is 1. The Hall–Kier alpha value is -2.25. The highest BCUT2D eigenvalue weighted by Crippen LogP contribution is 2.18. The summed E-state index contributed by atoms with van der Waals surface area (Å²) in [4.78, 5) is 12.2. The van der Waals surface area contributed by atoms with Crippen molar-refractivity contribution < 1.29 is 17.6 Å². The van der Waals surface area contributed by atoms with E-state index in [1.165, 1.54) is 50.5 Å². The number of anilines is 1. The molecule has 0 aliphatic rings. The summed E-state index contributed by atoms with van der Waals surface area (Å²) in [5, 5.41) is 2.47. The Kier molecular flexibility index (Phi) is 4.82. The number of nitrogens with zero attached hydrogens (tertiary/aromatic N) is 1. The summed E-state index contributed by atoms with van der Waals surface area (Å²) in [5.41, 5.74) is 1.14. The second-order valence-electron chi connectivity index (χ2n) is 5.25. The average molecular weight is 336 g/mol. The minimum atomic E-state index is -3.55. The van der Waals surface area contributed by atoms with Gasteiger partial charge in [-0.2, -0.15) is 0 Å². The van der Waals surface area contributed by atoms with Gasteiger partial charge in [0, 0.05) is 19.7 Å². The molecule has 0 atom stereocenters. The van der Waals surface area contributed by atoms with Crippen LogP contribution in [-0.4, -0.2) is 32.7 Å². The minimum absolute atomic E-state index is 0.0833. The molecule has 5 nitrogen and oxygen atoms in total. The van der Waals surface area contributed by atoms with Crippen LogP contribution < -0.4 is 5.32 Å². The van der Waals surface area contributed by atoms with E-state index in [1.54, 1.807) is 13.0 Å². The van der Waals surface area contributed by atoms with Crippen LogP contribution in [0.4, 0.5) is 10.1 Å². The molecular formula is C16H17FN2O3S. The molecule has 0 saturated carbocycles. The fourth-order valence-electron chi connectivity index (χ4n) is 1.92. The molecule has 0 radical (unpaired) electrons. The third kappa shape index (κ3) is 3.75. The zero-order valence-electron chi connectivity index (χ0n) is 13.0. The molecule has 0 aliphatic carbocycles. The second-order valence-corrected chi connectivity index (χ2v) is 7.40. The van der Waals surface area contributed by atoms with E-state index < -0.39 is 21.7 Å². The van der Waals surface area contributed by atoms with Crippen LogP contribution in [0.25, 0.3) is 0 Å². The summed E-state index contributed by atoms with van der Waals surface area (Å²) in [5.74, 6) is -1.04. The summed E-state index contributed by atoms with van der Waals surface area (Å²) in [6, 6.07) is 9.87. The number of carbonyl (C=O) groups excluding carboxylic acids is 1. The molecule has 0 saturated heterocycles. The molecule has 2 rings (SSSR count). The third-order valence-electron chi connectivity index (χ3n) is 3.27. The molecule has 23 heavy (non-hydrogen) atoms. The van der Waals surface area contributed by atoms with E-state index in [9.17, 15) is 17.6 Å². The highest BCUT2D eigenvalue weighted by Gasteiger charge is 2.17. The van der Waals surface area contributed by atoms with Crippen LogP contribution in [0.1, 0.15) is 15.9 Å². The number of carbonyl (C=O) groups is 1. The van der Waals surface area contributed by atoms with Crippen molar-refractivity contribution in [3.63, 3.8) is 0 Å². The molecule has 0 bridgehead atoms. The molecule has 2 aromatic rings. The first-order valence-electron chi connectivity index (χ1n) is 6.82. The van der Waals surface area contributed by atoms with Gasteiger partial charge in [-0.1, -0.05) is 6.07 Å². The minimum Gasteiger partial charge on any atom is -0.319 e. The lowest BCUT2D eigenvalue weighted by molar-refractivity contribution is 0.102. The SMILES string of the molecule is Cc1ccc(F)c(NC(=O)c2ccc(S(=O)(=O)N(C)C)cc2)c1. The van der Waals surface area contributed by atoms with Crippen LogP contribution in [0.3, 0.4) is 0 Å². The van der Waals surface area contributed by atoms with E-state index in [2.05, 4.69) is 5.32 Å². The molecule has 0 aliphatic heterocycles. The van der Waals surface area contributed by atoms with E-state index in [4.69, 9.17) is 0 Å². The molecule has 7 heteroatoms. The molecule has 0 aromatic heterocycles. The maximum Gasteiger partial charge on any atom is 0.255 e. The largest absolute Gasteiger partial charge is 0.319 e. The molecule has 0 unspecified atom stereocenters. The summed E-state index contributed by atoms with van der Waals surface area (Å²) in [7, 11) is -0.695. The fourth-order valence-corrected chi connectivity index (χ4v) is 2.82. The van der Waals surface area contributed by atoms with E-state index >= 15 is 0 Å². The van der Waals surface area contributed by atoms with Crippen LogP contribution >= 0.6 is 0 Å². The summed E-state index contributed by atoms with van der Waals surface area (Å²) < 4.78 is 38.7. The van der Waals surface area contributed by atoms with Crippen LogP contribution in [0.5, 0.6) is 0 Å². The third-order valence-corrected chi connectivity index (χ3v) is 5.09. The number of amides is 1. The van der Waals surface area contributed by atoms with Gasteiger partial charge in [0.15, 0.2) is 0 Å². The molecule has 1 N–H and O–H groups in total. The van der Waals surface area contributed by atoms with Gasteiger partial charge >= 0.3 is 0 Å². The zero-order valence-corrected chi connectivity index (χ0v) is 13.8. The number of hydrogen-bond acceptors (Lipinski definition) is 3. The quantitative estimate of drug-likeness (QED) is 0.933. The Balaban J connectivity index is 2.23. The van der Waals surface area contributed by atoms with Gasteiger partial charge in [-0.15, -0.1) is 0 Å². The first-order valence-corrected chi connectivity index (χ1v) is 8.26. The monoisotopic (exact) mass is 336 g/mol. The van der Waals surface area contributed by atoms with Crippen LogP contribution in [0, 0.1) is 12.7 Å². The Morgan fingerprint density at radius 2 is 1.70 bits per heavy atom. The first-order chi connectivity index (χ1) is 10.7. The lowest BCUT2D eigenvalue weighted by Crippen LogP contribution is -2.22. The van der Waals surface area contributed by atoms with Crippen molar-refractivity contribution in [1.29, 1.82) is 0 Å². The maximum absolute atomic E-state index is 13.7. The molecular weight excluding hydrogens is 319 g/mol. The molecule has 0 heterocycles. The number of benzene rings is 2. The molecule has 0 fully saturated rings. The topological polar surface area (TPSA) is 66.5 Å². The van der Waals surface area contributed by atoms with Gasteiger partial charge in [-0.05, 0) is 48.9 Å². The van der Waals surface area contributed by atoms with Gasteiger partial charge < -0.3 is 5.32 Å². The van der Waals surface area contributed by atoms with Crippen molar-refractivity contribution in [3.8, 4) is 0 Å². The maximum atomic E-state index is 13.7. The fraction of sp³-hybridized carbons (Fsp3) is 0.188. The summed E-state index contributed by atoms with van der Waals surface area (Å²) >= 11 is 0. The van der Waals surface area contributed by atoms with E-state index in [1.807, 2.05) is 0 Å². The second kappa shape index (κ2) is 6.47. The molecule has 2 aromatic carbocycles. The first kappa shape index (κ1) is 17.1. The lowest BCUT2D eigenvalue weighted by Gasteiger charge is -2.12. The van der Waals surface area contributed by atoms with E-state index in [0.717, 1.165) is 9.87 Å². The van der Waals surface area contributed by atoms with Crippen molar-refractivity contribution in [2.24, 2.45) is 0 Å². The standard InChI is InChI=1S/C16H17FN2O3S/c1-11-4-9-14(17)15(10-11)18-16(20)12-5-7-13(8-6-12)23(21,22)19(2)3/h4-10H,1-3H3,(H,18,20).